The molecule has 106 valence electrons. The minimum Gasteiger partial charge on any atom is -0.465 e. The maximum absolute atomic E-state index is 12.1. The Morgan fingerprint density at radius 3 is 2.30 bits per heavy atom. The van der Waals surface area contributed by atoms with Gasteiger partial charge in [0.2, 0.25) is 10.0 Å². The number of hydrogen-bond acceptors (Lipinski definition) is 4. The van der Waals surface area contributed by atoms with Crippen LogP contribution in [-0.2, 0) is 16.6 Å². The van der Waals surface area contributed by atoms with Crippen LogP contribution < -0.4 is 4.72 Å². The summed E-state index contributed by atoms with van der Waals surface area (Å²) in [5.41, 5.74) is 0.477. The standard InChI is InChI=1S/C14H15NO4S/c1-10-3-6-13(19-10)9-15-20(17,18)14-7-4-12(5-8-14)11(2)16/h3-8,15H,9H2,1-2H3. The SMILES string of the molecule is CC(=O)c1ccc(S(=O)(=O)NCc2ccc(C)o2)cc1. The number of sulfonamides is 1. The molecule has 0 aliphatic heterocycles. The number of carbonyl (C=O) groups excluding carboxylic acids is 1. The molecular weight excluding hydrogens is 278 g/mol. The highest BCUT2D eigenvalue weighted by Crippen LogP contribution is 2.12. The summed E-state index contributed by atoms with van der Waals surface area (Å²) in [6, 6.07) is 9.29. The largest absolute Gasteiger partial charge is 0.465 e. The van der Waals surface area contributed by atoms with Gasteiger partial charge in [-0.2, -0.15) is 0 Å². The molecule has 1 aromatic heterocycles. The molecule has 2 rings (SSSR count). The van der Waals surface area contributed by atoms with Crippen molar-refractivity contribution in [2.45, 2.75) is 25.3 Å². The molecule has 20 heavy (non-hydrogen) atoms. The first-order valence-corrected chi connectivity index (χ1v) is 7.53. The van der Waals surface area contributed by atoms with Crippen molar-refractivity contribution in [3.8, 4) is 0 Å². The number of aryl methyl sites for hydroxylation is 1. The molecule has 0 atom stereocenters. The number of furan rings is 1. The molecule has 1 N–H and O–H groups in total. The molecule has 1 aromatic carbocycles. The smallest absolute Gasteiger partial charge is 0.240 e. The summed E-state index contributed by atoms with van der Waals surface area (Å²) in [6.45, 7) is 3.31. The molecule has 6 heteroatoms. The highest BCUT2D eigenvalue weighted by molar-refractivity contribution is 7.89. The van der Waals surface area contributed by atoms with E-state index in [1.165, 1.54) is 31.2 Å². The fraction of sp³-hybridized carbons (Fsp3) is 0.214. The Balaban J connectivity index is 2.11. The Morgan fingerprint density at radius 1 is 1.15 bits per heavy atom. The second-order valence-corrected chi connectivity index (χ2v) is 6.18. The highest BCUT2D eigenvalue weighted by Gasteiger charge is 2.14. The maximum atomic E-state index is 12.1. The van der Waals surface area contributed by atoms with E-state index in [1.807, 2.05) is 0 Å². The van der Waals surface area contributed by atoms with Crippen molar-refractivity contribution >= 4 is 15.8 Å². The highest BCUT2D eigenvalue weighted by atomic mass is 32.2. The number of nitrogens with one attached hydrogen (secondary N) is 1. The van der Waals surface area contributed by atoms with E-state index in [0.717, 1.165) is 5.76 Å². The van der Waals surface area contributed by atoms with Crippen molar-refractivity contribution in [2.75, 3.05) is 0 Å². The summed E-state index contributed by atoms with van der Waals surface area (Å²) in [5, 5.41) is 0. The van der Waals surface area contributed by atoms with Crippen LogP contribution in [0, 0.1) is 6.92 Å². The Morgan fingerprint density at radius 2 is 1.80 bits per heavy atom. The molecule has 0 bridgehead atoms. The van der Waals surface area contributed by atoms with Gasteiger partial charge in [-0.1, -0.05) is 12.1 Å². The molecule has 0 aliphatic rings. The lowest BCUT2D eigenvalue weighted by molar-refractivity contribution is 0.101. The summed E-state index contributed by atoms with van der Waals surface area (Å²) in [7, 11) is -3.61. The average molecular weight is 293 g/mol. The molecule has 0 fully saturated rings. The minimum absolute atomic E-state index is 0.0879. The molecule has 5 nitrogen and oxygen atoms in total. The van der Waals surface area contributed by atoms with E-state index >= 15 is 0 Å². The third-order valence-corrected chi connectivity index (χ3v) is 4.22. The summed E-state index contributed by atoms with van der Waals surface area (Å²) in [6.07, 6.45) is 0. The lowest BCUT2D eigenvalue weighted by Crippen LogP contribution is -2.23. The summed E-state index contributed by atoms with van der Waals surface area (Å²) in [4.78, 5) is 11.3. The average Bonchev–Trinajstić information content (AvgIpc) is 2.82. The zero-order valence-electron chi connectivity index (χ0n) is 11.2. The number of rotatable bonds is 5. The lowest BCUT2D eigenvalue weighted by Gasteiger charge is -2.06. The number of hydrogen-bond donors (Lipinski definition) is 1. The number of carbonyl (C=O) groups is 1. The minimum atomic E-state index is -3.61. The van der Waals surface area contributed by atoms with E-state index in [2.05, 4.69) is 4.72 Å². The van der Waals surface area contributed by atoms with E-state index < -0.39 is 10.0 Å². The van der Waals surface area contributed by atoms with Gasteiger partial charge in [-0.25, -0.2) is 13.1 Å². The molecule has 0 unspecified atom stereocenters. The van der Waals surface area contributed by atoms with Crippen molar-refractivity contribution in [3.63, 3.8) is 0 Å². The van der Waals surface area contributed by atoms with Gasteiger partial charge >= 0.3 is 0 Å². The monoisotopic (exact) mass is 293 g/mol. The van der Waals surface area contributed by atoms with Gasteiger partial charge in [-0.15, -0.1) is 0 Å². The molecule has 0 radical (unpaired) electrons. The van der Waals surface area contributed by atoms with E-state index in [0.29, 0.717) is 11.3 Å². The third-order valence-electron chi connectivity index (χ3n) is 2.80. The number of benzene rings is 1. The topological polar surface area (TPSA) is 76.4 Å². The van der Waals surface area contributed by atoms with Crippen LogP contribution in [0.4, 0.5) is 0 Å². The van der Waals surface area contributed by atoms with Gasteiger partial charge in [0.1, 0.15) is 11.5 Å². The quantitative estimate of drug-likeness (QED) is 0.858. The second-order valence-electron chi connectivity index (χ2n) is 4.42. The number of Topliss-reactive ketones (excluding diaryl/α,β-unsaturated/α-hetero) is 1. The van der Waals surface area contributed by atoms with Crippen LogP contribution in [0.15, 0.2) is 45.7 Å². The van der Waals surface area contributed by atoms with E-state index in [4.69, 9.17) is 4.42 Å². The summed E-state index contributed by atoms with van der Waals surface area (Å²) >= 11 is 0. The first kappa shape index (κ1) is 14.5. The van der Waals surface area contributed by atoms with Crippen LogP contribution in [0.3, 0.4) is 0 Å². The van der Waals surface area contributed by atoms with Gasteiger partial charge in [0.15, 0.2) is 5.78 Å². The van der Waals surface area contributed by atoms with Gasteiger partial charge in [0.25, 0.3) is 0 Å². The predicted octanol–water partition coefficient (Wildman–Crippen LogP) is 2.27. The Bertz CT molecular complexity index is 714. The second kappa shape index (κ2) is 5.60. The van der Waals surface area contributed by atoms with Crippen LogP contribution >= 0.6 is 0 Å². The van der Waals surface area contributed by atoms with Crippen LogP contribution in [-0.4, -0.2) is 14.2 Å². The molecule has 0 amide bonds. The first-order chi connectivity index (χ1) is 9.38. The zero-order valence-corrected chi connectivity index (χ0v) is 12.0. The van der Waals surface area contributed by atoms with Gasteiger partial charge in [0.05, 0.1) is 11.4 Å². The van der Waals surface area contributed by atoms with Gasteiger partial charge in [-0.3, -0.25) is 4.79 Å². The molecule has 0 saturated heterocycles. The summed E-state index contributed by atoms with van der Waals surface area (Å²) < 4.78 is 31.9. The molecule has 0 saturated carbocycles. The van der Waals surface area contributed by atoms with Crippen LogP contribution in [0.25, 0.3) is 0 Å². The molecular formula is C14H15NO4S. The van der Waals surface area contributed by atoms with Crippen LogP contribution in [0.5, 0.6) is 0 Å². The van der Waals surface area contributed by atoms with Crippen molar-refractivity contribution in [2.24, 2.45) is 0 Å². The molecule has 0 aliphatic carbocycles. The van der Waals surface area contributed by atoms with E-state index in [9.17, 15) is 13.2 Å². The first-order valence-electron chi connectivity index (χ1n) is 6.04. The Hall–Kier alpha value is -1.92. The molecule has 0 spiro atoms. The fourth-order valence-corrected chi connectivity index (χ4v) is 2.69. The summed E-state index contributed by atoms with van der Waals surface area (Å²) in [5.74, 6) is 1.17. The van der Waals surface area contributed by atoms with Crippen molar-refractivity contribution < 1.29 is 17.6 Å². The van der Waals surface area contributed by atoms with E-state index in [-0.39, 0.29) is 17.2 Å². The van der Waals surface area contributed by atoms with Crippen molar-refractivity contribution in [1.82, 2.24) is 4.72 Å². The fourth-order valence-electron chi connectivity index (χ4n) is 1.70. The van der Waals surface area contributed by atoms with Gasteiger partial charge < -0.3 is 4.42 Å². The normalized spacial score (nSPS) is 11.5. The van der Waals surface area contributed by atoms with Crippen LogP contribution in [0.2, 0.25) is 0 Å². The lowest BCUT2D eigenvalue weighted by atomic mass is 10.2. The van der Waals surface area contributed by atoms with Gasteiger partial charge in [0, 0.05) is 5.56 Å². The Labute approximate surface area is 117 Å². The molecule has 1 heterocycles. The van der Waals surface area contributed by atoms with Crippen molar-refractivity contribution in [1.29, 1.82) is 0 Å². The number of ketones is 1. The maximum Gasteiger partial charge on any atom is 0.240 e. The predicted molar refractivity (Wildman–Crippen MR) is 73.9 cm³/mol. The Kier molecular flexibility index (Phi) is 4.06. The van der Waals surface area contributed by atoms with E-state index in [1.54, 1.807) is 19.1 Å². The van der Waals surface area contributed by atoms with Gasteiger partial charge in [-0.05, 0) is 38.1 Å². The van der Waals surface area contributed by atoms with Crippen molar-refractivity contribution in [3.05, 3.63) is 53.5 Å². The third kappa shape index (κ3) is 3.34. The van der Waals surface area contributed by atoms with Crippen LogP contribution in [0.1, 0.15) is 28.8 Å². The zero-order chi connectivity index (χ0) is 14.8. The molecule has 2 aromatic rings.